The van der Waals surface area contributed by atoms with Gasteiger partial charge in [-0.1, -0.05) is 19.8 Å². The fraction of sp³-hybridized carbons (Fsp3) is 0.727. The molecule has 0 saturated heterocycles. The summed E-state index contributed by atoms with van der Waals surface area (Å²) in [6.45, 7) is 2.15. The molecule has 1 aromatic rings. The molecule has 1 aliphatic carbocycles. The molecule has 0 aliphatic heterocycles. The van der Waals surface area contributed by atoms with E-state index < -0.39 is 0 Å². The maximum absolute atomic E-state index is 5.58. The number of ether oxygens (including phenoxy) is 1. The van der Waals surface area contributed by atoms with Gasteiger partial charge in [-0.15, -0.1) is 0 Å². The third kappa shape index (κ3) is 3.44. The van der Waals surface area contributed by atoms with E-state index in [0.29, 0.717) is 12.0 Å². The second-order valence-electron chi connectivity index (χ2n) is 4.43. The minimum Gasteiger partial charge on any atom is -0.467 e. The van der Waals surface area contributed by atoms with E-state index in [-0.39, 0.29) is 12.0 Å². The lowest BCUT2D eigenvalue weighted by atomic mass is 10.1. The normalized spacial score (nSPS) is 16.6. The molecule has 1 aromatic heterocycles. The number of nitrogen functional groups attached to an aromatic ring is 1. The predicted octanol–water partition coefficient (Wildman–Crippen LogP) is 1.45. The summed E-state index contributed by atoms with van der Waals surface area (Å²) in [5.41, 5.74) is 5.58. The van der Waals surface area contributed by atoms with Crippen LogP contribution in [-0.4, -0.2) is 28.1 Å². The van der Waals surface area contributed by atoms with Gasteiger partial charge in [0.05, 0.1) is 7.11 Å². The summed E-state index contributed by atoms with van der Waals surface area (Å²) >= 11 is 0. The molecule has 3 N–H and O–H groups in total. The summed E-state index contributed by atoms with van der Waals surface area (Å²) in [6.07, 6.45) is 4.91. The van der Waals surface area contributed by atoms with Gasteiger partial charge in [0.2, 0.25) is 11.9 Å². The Hall–Kier alpha value is -1.59. The smallest absolute Gasteiger partial charge is 0.322 e. The van der Waals surface area contributed by atoms with Crippen LogP contribution in [0.4, 0.5) is 11.9 Å². The first-order valence-corrected chi connectivity index (χ1v) is 6.03. The highest BCUT2D eigenvalue weighted by molar-refractivity contribution is 5.33. The fourth-order valence-electron chi connectivity index (χ4n) is 1.79. The van der Waals surface area contributed by atoms with Crippen LogP contribution in [0.2, 0.25) is 0 Å². The van der Waals surface area contributed by atoms with Crippen LogP contribution in [0.1, 0.15) is 32.6 Å². The van der Waals surface area contributed by atoms with Crippen molar-refractivity contribution in [3.8, 4) is 6.01 Å². The summed E-state index contributed by atoms with van der Waals surface area (Å²) < 4.78 is 4.96. The minimum absolute atomic E-state index is 0.181. The number of nitrogens with one attached hydrogen (secondary N) is 1. The van der Waals surface area contributed by atoms with E-state index in [9.17, 15) is 0 Å². The van der Waals surface area contributed by atoms with Crippen LogP contribution in [0.5, 0.6) is 6.01 Å². The maximum Gasteiger partial charge on any atom is 0.322 e. The summed E-state index contributed by atoms with van der Waals surface area (Å²) in [5, 5.41) is 3.29. The molecule has 6 heteroatoms. The second kappa shape index (κ2) is 5.16. The third-order valence-electron chi connectivity index (χ3n) is 2.96. The highest BCUT2D eigenvalue weighted by atomic mass is 16.5. The highest BCUT2D eigenvalue weighted by Gasteiger charge is 2.25. The molecular weight excluding hydrogens is 218 g/mol. The van der Waals surface area contributed by atoms with Crippen molar-refractivity contribution in [1.29, 1.82) is 0 Å². The molecule has 1 saturated carbocycles. The molecule has 0 spiro atoms. The average Bonchev–Trinajstić information content (AvgIpc) is 3.11. The molecule has 0 radical (unpaired) electrons. The van der Waals surface area contributed by atoms with Gasteiger partial charge in [0, 0.05) is 6.04 Å². The van der Waals surface area contributed by atoms with Crippen molar-refractivity contribution >= 4 is 11.9 Å². The summed E-state index contributed by atoms with van der Waals surface area (Å²) in [4.78, 5) is 12.0. The molecule has 0 aromatic carbocycles. The largest absolute Gasteiger partial charge is 0.467 e. The summed E-state index contributed by atoms with van der Waals surface area (Å²) in [6, 6.07) is 0.648. The molecule has 6 nitrogen and oxygen atoms in total. The van der Waals surface area contributed by atoms with Gasteiger partial charge in [0.25, 0.3) is 0 Å². The Morgan fingerprint density at radius 1 is 1.41 bits per heavy atom. The quantitative estimate of drug-likeness (QED) is 0.779. The minimum atomic E-state index is 0.181. The lowest BCUT2D eigenvalue weighted by Gasteiger charge is -2.16. The van der Waals surface area contributed by atoms with Crippen molar-refractivity contribution in [2.45, 2.75) is 38.6 Å². The van der Waals surface area contributed by atoms with E-state index in [0.717, 1.165) is 12.3 Å². The van der Waals surface area contributed by atoms with Crippen molar-refractivity contribution < 1.29 is 4.74 Å². The van der Waals surface area contributed by atoms with Gasteiger partial charge >= 0.3 is 6.01 Å². The summed E-state index contributed by atoms with van der Waals surface area (Å²) in [5.74, 6) is 1.55. The topological polar surface area (TPSA) is 86.0 Å². The van der Waals surface area contributed by atoms with Gasteiger partial charge in [-0.25, -0.2) is 0 Å². The third-order valence-corrected chi connectivity index (χ3v) is 2.96. The molecule has 17 heavy (non-hydrogen) atoms. The van der Waals surface area contributed by atoms with Gasteiger partial charge in [0.15, 0.2) is 0 Å². The number of aromatic nitrogens is 3. The molecule has 1 aliphatic rings. The zero-order chi connectivity index (χ0) is 12.3. The maximum atomic E-state index is 5.58. The van der Waals surface area contributed by atoms with Crippen LogP contribution in [-0.2, 0) is 0 Å². The second-order valence-corrected chi connectivity index (χ2v) is 4.43. The number of nitrogens with two attached hydrogens (primary N) is 1. The van der Waals surface area contributed by atoms with Crippen molar-refractivity contribution in [2.24, 2.45) is 5.92 Å². The van der Waals surface area contributed by atoms with E-state index in [1.165, 1.54) is 26.4 Å². The Bertz CT molecular complexity index is 380. The molecule has 1 unspecified atom stereocenters. The van der Waals surface area contributed by atoms with E-state index in [4.69, 9.17) is 10.5 Å². The molecule has 1 atom stereocenters. The number of anilines is 2. The van der Waals surface area contributed by atoms with Crippen molar-refractivity contribution in [3.63, 3.8) is 0 Å². The van der Waals surface area contributed by atoms with Crippen LogP contribution >= 0.6 is 0 Å². The van der Waals surface area contributed by atoms with Gasteiger partial charge in [0.1, 0.15) is 0 Å². The Morgan fingerprint density at radius 3 is 2.76 bits per heavy atom. The SMILES string of the molecule is CCC(CC1CC1)Nc1nc(N)nc(OC)n1. The van der Waals surface area contributed by atoms with Gasteiger partial charge in [-0.3, -0.25) is 0 Å². The van der Waals surface area contributed by atoms with E-state index in [1.807, 2.05) is 0 Å². The Morgan fingerprint density at radius 2 is 2.18 bits per heavy atom. The van der Waals surface area contributed by atoms with Crippen molar-refractivity contribution in [3.05, 3.63) is 0 Å². The van der Waals surface area contributed by atoms with E-state index in [1.54, 1.807) is 0 Å². The molecule has 94 valence electrons. The standard InChI is InChI=1S/C11H19N5O/c1-3-8(6-7-4-5-7)13-10-14-9(12)15-11(16-10)17-2/h7-8H,3-6H2,1-2H3,(H3,12,13,14,15,16). The molecule has 1 fully saturated rings. The van der Waals surface area contributed by atoms with Crippen molar-refractivity contribution in [2.75, 3.05) is 18.2 Å². The van der Waals surface area contributed by atoms with Crippen LogP contribution < -0.4 is 15.8 Å². The first-order valence-electron chi connectivity index (χ1n) is 6.03. The summed E-state index contributed by atoms with van der Waals surface area (Å²) in [7, 11) is 1.51. The lowest BCUT2D eigenvalue weighted by Crippen LogP contribution is -2.21. The predicted molar refractivity (Wildman–Crippen MR) is 65.8 cm³/mol. The van der Waals surface area contributed by atoms with E-state index in [2.05, 4.69) is 27.2 Å². The number of nitrogens with zero attached hydrogens (tertiary/aromatic N) is 3. The Balaban J connectivity index is 2.01. The monoisotopic (exact) mass is 237 g/mol. The van der Waals surface area contributed by atoms with Crippen LogP contribution in [0.3, 0.4) is 0 Å². The van der Waals surface area contributed by atoms with Gasteiger partial charge < -0.3 is 15.8 Å². The van der Waals surface area contributed by atoms with Crippen LogP contribution in [0, 0.1) is 5.92 Å². The molecule has 1 heterocycles. The van der Waals surface area contributed by atoms with Gasteiger partial charge in [-0.05, 0) is 18.8 Å². The van der Waals surface area contributed by atoms with Crippen LogP contribution in [0.15, 0.2) is 0 Å². The van der Waals surface area contributed by atoms with E-state index >= 15 is 0 Å². The molecule has 0 bridgehead atoms. The zero-order valence-electron chi connectivity index (χ0n) is 10.3. The molecule has 2 rings (SSSR count). The molecular formula is C11H19N5O. The zero-order valence-corrected chi connectivity index (χ0v) is 10.3. The first kappa shape index (κ1) is 11.9. The Kier molecular flexibility index (Phi) is 3.61. The van der Waals surface area contributed by atoms with Crippen LogP contribution in [0.25, 0.3) is 0 Å². The lowest BCUT2D eigenvalue weighted by molar-refractivity contribution is 0.379. The average molecular weight is 237 g/mol. The first-order chi connectivity index (χ1) is 8.21. The number of hydrogen-bond acceptors (Lipinski definition) is 6. The Labute approximate surface area is 101 Å². The van der Waals surface area contributed by atoms with Crippen molar-refractivity contribution in [1.82, 2.24) is 15.0 Å². The molecule has 0 amide bonds. The van der Waals surface area contributed by atoms with Gasteiger partial charge in [-0.2, -0.15) is 15.0 Å². The number of hydrogen-bond donors (Lipinski definition) is 2. The highest BCUT2D eigenvalue weighted by Crippen LogP contribution is 2.34. The number of rotatable bonds is 6. The number of methoxy groups -OCH3 is 1. The fourth-order valence-corrected chi connectivity index (χ4v) is 1.79.